The van der Waals surface area contributed by atoms with Crippen molar-refractivity contribution >= 4 is 17.3 Å². The van der Waals surface area contributed by atoms with Gasteiger partial charge in [-0.1, -0.05) is 0 Å². The number of hydrogen-bond donors (Lipinski definition) is 1. The summed E-state index contributed by atoms with van der Waals surface area (Å²) >= 11 is 0. The maximum atomic E-state index is 14.2. The van der Waals surface area contributed by atoms with Crippen molar-refractivity contribution in [2.24, 2.45) is 0 Å². The van der Waals surface area contributed by atoms with Crippen LogP contribution in [0.15, 0.2) is 12.1 Å². The van der Waals surface area contributed by atoms with E-state index in [1.54, 1.807) is 6.92 Å². The van der Waals surface area contributed by atoms with E-state index in [4.69, 9.17) is 15.2 Å². The second-order valence-electron chi connectivity index (χ2n) is 5.47. The van der Waals surface area contributed by atoms with Crippen molar-refractivity contribution in [1.29, 1.82) is 0 Å². The SMILES string of the molecule is CCOC(=O)c1cc(N2CC3CCC(C2)O3)c(F)cc1N. The molecule has 6 heteroatoms. The molecule has 2 heterocycles. The van der Waals surface area contributed by atoms with Crippen LogP contribution in [0.5, 0.6) is 0 Å². The number of nitrogen functional groups attached to an aromatic ring is 1. The number of morpholine rings is 1. The van der Waals surface area contributed by atoms with E-state index in [1.807, 2.05) is 4.90 Å². The largest absolute Gasteiger partial charge is 0.462 e. The minimum absolute atomic E-state index is 0.103. The van der Waals surface area contributed by atoms with Gasteiger partial charge in [0, 0.05) is 18.8 Å². The maximum absolute atomic E-state index is 14.2. The Hall–Kier alpha value is -1.82. The smallest absolute Gasteiger partial charge is 0.340 e. The summed E-state index contributed by atoms with van der Waals surface area (Å²) in [6.45, 7) is 3.25. The normalized spacial score (nSPS) is 24.2. The number of benzene rings is 1. The molecule has 2 unspecified atom stereocenters. The van der Waals surface area contributed by atoms with Crippen LogP contribution < -0.4 is 10.6 Å². The van der Waals surface area contributed by atoms with Gasteiger partial charge in [0.2, 0.25) is 0 Å². The molecule has 1 aromatic rings. The minimum atomic E-state index is -0.521. The van der Waals surface area contributed by atoms with Crippen LogP contribution in [-0.2, 0) is 9.47 Å². The molecule has 2 aliphatic heterocycles. The molecule has 2 aliphatic rings. The molecule has 5 nitrogen and oxygen atoms in total. The molecule has 0 amide bonds. The van der Waals surface area contributed by atoms with Crippen molar-refractivity contribution in [2.75, 3.05) is 30.3 Å². The quantitative estimate of drug-likeness (QED) is 0.682. The highest BCUT2D eigenvalue weighted by Crippen LogP contribution is 2.33. The van der Waals surface area contributed by atoms with Gasteiger partial charge in [-0.25, -0.2) is 9.18 Å². The molecule has 2 N–H and O–H groups in total. The molecule has 2 fully saturated rings. The van der Waals surface area contributed by atoms with Crippen LogP contribution in [-0.4, -0.2) is 37.9 Å². The van der Waals surface area contributed by atoms with E-state index in [2.05, 4.69) is 0 Å². The summed E-state index contributed by atoms with van der Waals surface area (Å²) in [7, 11) is 0. The first-order valence-corrected chi connectivity index (χ1v) is 7.25. The molecule has 114 valence electrons. The molecule has 1 aromatic carbocycles. The van der Waals surface area contributed by atoms with Crippen LogP contribution in [0, 0.1) is 5.82 Å². The van der Waals surface area contributed by atoms with Crippen molar-refractivity contribution in [1.82, 2.24) is 0 Å². The van der Waals surface area contributed by atoms with E-state index in [9.17, 15) is 9.18 Å². The fourth-order valence-electron chi connectivity index (χ4n) is 3.02. The minimum Gasteiger partial charge on any atom is -0.462 e. The van der Waals surface area contributed by atoms with Gasteiger partial charge in [0.15, 0.2) is 0 Å². The molecule has 0 aromatic heterocycles. The number of nitrogens with two attached hydrogens (primary N) is 1. The summed E-state index contributed by atoms with van der Waals surface area (Å²) in [4.78, 5) is 13.8. The van der Waals surface area contributed by atoms with Gasteiger partial charge in [-0.3, -0.25) is 0 Å². The molecule has 2 bridgehead atoms. The molecular formula is C15H19FN2O3. The van der Waals surface area contributed by atoms with E-state index >= 15 is 0 Å². The second kappa shape index (κ2) is 5.52. The Kier molecular flexibility index (Phi) is 3.71. The molecule has 21 heavy (non-hydrogen) atoms. The maximum Gasteiger partial charge on any atom is 0.340 e. The molecule has 2 saturated heterocycles. The van der Waals surface area contributed by atoms with E-state index < -0.39 is 11.8 Å². The third-order valence-corrected chi connectivity index (χ3v) is 4.00. The number of carbonyl (C=O) groups excluding carboxylic acids is 1. The average Bonchev–Trinajstić information content (AvgIpc) is 2.77. The van der Waals surface area contributed by atoms with E-state index in [1.165, 1.54) is 12.1 Å². The molecule has 0 aliphatic carbocycles. The van der Waals surface area contributed by atoms with Gasteiger partial charge in [-0.15, -0.1) is 0 Å². The Labute approximate surface area is 122 Å². The fraction of sp³-hybridized carbons (Fsp3) is 0.533. The van der Waals surface area contributed by atoms with Crippen LogP contribution in [0.2, 0.25) is 0 Å². The van der Waals surface area contributed by atoms with Gasteiger partial charge < -0.3 is 20.1 Å². The number of esters is 1. The Balaban J connectivity index is 1.91. The number of carbonyl (C=O) groups is 1. The molecule has 0 radical (unpaired) electrons. The van der Waals surface area contributed by atoms with Crippen molar-refractivity contribution < 1.29 is 18.7 Å². The molecular weight excluding hydrogens is 275 g/mol. The number of rotatable bonds is 3. The van der Waals surface area contributed by atoms with Gasteiger partial charge in [0.1, 0.15) is 5.82 Å². The summed E-state index contributed by atoms with van der Waals surface area (Å²) in [5.41, 5.74) is 6.45. The number of ether oxygens (including phenoxy) is 2. The Morgan fingerprint density at radius 2 is 2.10 bits per heavy atom. The first-order valence-electron chi connectivity index (χ1n) is 7.25. The standard InChI is InChI=1S/C15H19FN2O3/c1-2-20-15(19)11-5-14(12(16)6-13(11)17)18-7-9-3-4-10(8-18)21-9/h5-6,9-10H,2-4,7-8,17H2,1H3. The summed E-state index contributed by atoms with van der Waals surface area (Å²) in [5.74, 6) is -0.936. The van der Waals surface area contributed by atoms with Gasteiger partial charge in [-0.2, -0.15) is 0 Å². The second-order valence-corrected chi connectivity index (χ2v) is 5.47. The summed E-state index contributed by atoms with van der Waals surface area (Å²) in [6.07, 6.45) is 2.30. The molecule has 2 atom stereocenters. The first kappa shape index (κ1) is 14.1. The van der Waals surface area contributed by atoms with Gasteiger partial charge in [0.25, 0.3) is 0 Å². The Morgan fingerprint density at radius 1 is 1.43 bits per heavy atom. The third kappa shape index (κ3) is 2.68. The highest BCUT2D eigenvalue weighted by molar-refractivity contribution is 5.96. The van der Waals surface area contributed by atoms with Crippen molar-refractivity contribution in [3.63, 3.8) is 0 Å². The Morgan fingerprint density at radius 3 is 2.71 bits per heavy atom. The average molecular weight is 294 g/mol. The van der Waals surface area contributed by atoms with Gasteiger partial charge in [0.05, 0.1) is 30.1 Å². The summed E-state index contributed by atoms with van der Waals surface area (Å²) < 4.78 is 24.9. The lowest BCUT2D eigenvalue weighted by molar-refractivity contribution is 0.0303. The molecule has 0 saturated carbocycles. The number of hydrogen-bond acceptors (Lipinski definition) is 5. The van der Waals surface area contributed by atoms with Crippen LogP contribution >= 0.6 is 0 Å². The summed E-state index contributed by atoms with van der Waals surface area (Å²) in [6, 6.07) is 2.69. The zero-order chi connectivity index (χ0) is 15.0. The highest BCUT2D eigenvalue weighted by Gasteiger charge is 2.35. The number of anilines is 2. The van der Waals surface area contributed by atoms with E-state index in [0.717, 1.165) is 12.8 Å². The van der Waals surface area contributed by atoms with Crippen LogP contribution in [0.1, 0.15) is 30.1 Å². The van der Waals surface area contributed by atoms with Crippen LogP contribution in [0.4, 0.5) is 15.8 Å². The van der Waals surface area contributed by atoms with Crippen LogP contribution in [0.25, 0.3) is 0 Å². The number of halogens is 1. The monoisotopic (exact) mass is 294 g/mol. The van der Waals surface area contributed by atoms with Gasteiger partial charge >= 0.3 is 5.97 Å². The van der Waals surface area contributed by atoms with Gasteiger partial charge in [-0.05, 0) is 31.9 Å². The van der Waals surface area contributed by atoms with Crippen molar-refractivity contribution in [2.45, 2.75) is 32.0 Å². The van der Waals surface area contributed by atoms with Crippen molar-refractivity contribution in [3.8, 4) is 0 Å². The fourth-order valence-corrected chi connectivity index (χ4v) is 3.02. The predicted octanol–water partition coefficient (Wildman–Crippen LogP) is 1.95. The Bertz CT molecular complexity index is 552. The topological polar surface area (TPSA) is 64.8 Å². The lowest BCUT2D eigenvalue weighted by atomic mass is 10.1. The zero-order valence-electron chi connectivity index (χ0n) is 12.0. The van der Waals surface area contributed by atoms with E-state index in [-0.39, 0.29) is 30.1 Å². The lowest BCUT2D eigenvalue weighted by Crippen LogP contribution is -2.43. The molecule has 0 spiro atoms. The molecule has 3 rings (SSSR count). The number of nitrogens with zero attached hydrogens (tertiary/aromatic N) is 1. The summed E-state index contributed by atoms with van der Waals surface area (Å²) in [5, 5.41) is 0. The lowest BCUT2D eigenvalue weighted by Gasteiger charge is -2.34. The zero-order valence-corrected chi connectivity index (χ0v) is 12.0. The van der Waals surface area contributed by atoms with E-state index in [0.29, 0.717) is 18.8 Å². The van der Waals surface area contributed by atoms with Crippen LogP contribution in [0.3, 0.4) is 0 Å². The third-order valence-electron chi connectivity index (χ3n) is 4.00. The highest BCUT2D eigenvalue weighted by atomic mass is 19.1. The van der Waals surface area contributed by atoms with Crippen molar-refractivity contribution in [3.05, 3.63) is 23.5 Å². The number of fused-ring (bicyclic) bond motifs is 2. The first-order chi connectivity index (χ1) is 10.1. The predicted molar refractivity (Wildman–Crippen MR) is 76.9 cm³/mol.